The van der Waals surface area contributed by atoms with Gasteiger partial charge in [-0.2, -0.15) is 0 Å². The van der Waals surface area contributed by atoms with E-state index in [1.807, 2.05) is 12.1 Å². The average molecular weight is 265 g/mol. The van der Waals surface area contributed by atoms with E-state index in [4.69, 9.17) is 5.73 Å². The second kappa shape index (κ2) is 6.46. The molecule has 2 rings (SSSR count). The maximum atomic E-state index is 12.9. The van der Waals surface area contributed by atoms with Crippen LogP contribution in [0.15, 0.2) is 24.3 Å². The topological polar surface area (TPSA) is 32.5 Å². The minimum absolute atomic E-state index is 0.169. The number of nitrogens with zero attached hydrogens (tertiary/aromatic N) is 2. The molecule has 1 fully saturated rings. The molecule has 19 heavy (non-hydrogen) atoms. The molecule has 1 heterocycles. The molecule has 1 aliphatic heterocycles. The SMILES string of the molecule is CC1CN(Cc2ccc(F)cc2)C(C)CN1CCN. The monoisotopic (exact) mass is 265 g/mol. The van der Waals surface area contributed by atoms with E-state index >= 15 is 0 Å². The Hall–Kier alpha value is -0.970. The molecule has 1 aromatic carbocycles. The third kappa shape index (κ3) is 3.75. The number of hydrogen-bond acceptors (Lipinski definition) is 3. The summed E-state index contributed by atoms with van der Waals surface area (Å²) in [6, 6.07) is 7.85. The van der Waals surface area contributed by atoms with Crippen LogP contribution in [0, 0.1) is 5.82 Å². The zero-order chi connectivity index (χ0) is 13.8. The highest BCUT2D eigenvalue weighted by Crippen LogP contribution is 2.17. The highest BCUT2D eigenvalue weighted by Gasteiger charge is 2.28. The second-order valence-corrected chi connectivity index (χ2v) is 5.54. The van der Waals surface area contributed by atoms with Gasteiger partial charge in [0.25, 0.3) is 0 Å². The average Bonchev–Trinajstić information content (AvgIpc) is 2.38. The molecule has 3 nitrogen and oxygen atoms in total. The molecule has 0 radical (unpaired) electrons. The van der Waals surface area contributed by atoms with Crippen LogP contribution < -0.4 is 5.73 Å². The molecule has 1 saturated heterocycles. The lowest BCUT2D eigenvalue weighted by Gasteiger charge is -2.44. The van der Waals surface area contributed by atoms with Gasteiger partial charge in [0.15, 0.2) is 0 Å². The van der Waals surface area contributed by atoms with Gasteiger partial charge in [0.2, 0.25) is 0 Å². The summed E-state index contributed by atoms with van der Waals surface area (Å²) in [6.45, 7) is 9.17. The second-order valence-electron chi connectivity index (χ2n) is 5.54. The molecule has 0 amide bonds. The van der Waals surface area contributed by atoms with Gasteiger partial charge in [-0.3, -0.25) is 9.80 Å². The van der Waals surface area contributed by atoms with Crippen LogP contribution in [-0.2, 0) is 6.54 Å². The molecule has 1 aliphatic rings. The van der Waals surface area contributed by atoms with Crippen LogP contribution >= 0.6 is 0 Å². The van der Waals surface area contributed by atoms with Crippen LogP contribution in [0.25, 0.3) is 0 Å². The van der Waals surface area contributed by atoms with Crippen LogP contribution in [0.4, 0.5) is 4.39 Å². The van der Waals surface area contributed by atoms with E-state index in [9.17, 15) is 4.39 Å². The largest absolute Gasteiger partial charge is 0.329 e. The van der Waals surface area contributed by atoms with E-state index in [0.717, 1.165) is 32.7 Å². The zero-order valence-electron chi connectivity index (χ0n) is 11.8. The molecule has 2 atom stereocenters. The summed E-state index contributed by atoms with van der Waals surface area (Å²) in [5, 5.41) is 0. The lowest BCUT2D eigenvalue weighted by Crippen LogP contribution is -2.56. The van der Waals surface area contributed by atoms with Gasteiger partial charge in [-0.25, -0.2) is 4.39 Å². The Balaban J connectivity index is 1.96. The maximum absolute atomic E-state index is 12.9. The third-order valence-electron chi connectivity index (χ3n) is 3.96. The number of hydrogen-bond donors (Lipinski definition) is 1. The molecule has 1 aromatic rings. The molecular weight excluding hydrogens is 241 g/mol. The Kier molecular flexibility index (Phi) is 4.91. The molecule has 106 valence electrons. The smallest absolute Gasteiger partial charge is 0.123 e. The Morgan fingerprint density at radius 2 is 1.68 bits per heavy atom. The standard InChI is InChI=1S/C15H24FN3/c1-12-10-19(13(2)9-18(12)8-7-17)11-14-3-5-15(16)6-4-14/h3-6,12-13H,7-11,17H2,1-2H3. The van der Waals surface area contributed by atoms with Gasteiger partial charge in [-0.1, -0.05) is 12.1 Å². The van der Waals surface area contributed by atoms with Crippen molar-refractivity contribution in [2.75, 3.05) is 26.2 Å². The van der Waals surface area contributed by atoms with Gasteiger partial charge in [-0.05, 0) is 31.5 Å². The van der Waals surface area contributed by atoms with Crippen molar-refractivity contribution in [3.05, 3.63) is 35.6 Å². The van der Waals surface area contributed by atoms with Crippen LogP contribution in [-0.4, -0.2) is 48.1 Å². The molecule has 0 bridgehead atoms. The summed E-state index contributed by atoms with van der Waals surface area (Å²) in [4.78, 5) is 4.91. The van der Waals surface area contributed by atoms with Crippen LogP contribution in [0.1, 0.15) is 19.4 Å². The minimum Gasteiger partial charge on any atom is -0.329 e. The van der Waals surface area contributed by atoms with Crippen LogP contribution in [0.2, 0.25) is 0 Å². The van der Waals surface area contributed by atoms with Crippen molar-refractivity contribution in [3.63, 3.8) is 0 Å². The number of piperazine rings is 1. The lowest BCUT2D eigenvalue weighted by molar-refractivity contribution is 0.0397. The van der Waals surface area contributed by atoms with Crippen molar-refractivity contribution < 1.29 is 4.39 Å². The fourth-order valence-corrected chi connectivity index (χ4v) is 2.79. The summed E-state index contributed by atoms with van der Waals surface area (Å²) in [5.41, 5.74) is 6.82. The fourth-order valence-electron chi connectivity index (χ4n) is 2.79. The van der Waals surface area contributed by atoms with E-state index in [0.29, 0.717) is 12.1 Å². The molecule has 0 aromatic heterocycles. The Labute approximate surface area is 115 Å². The van der Waals surface area contributed by atoms with E-state index in [1.165, 1.54) is 17.7 Å². The van der Waals surface area contributed by atoms with Crippen molar-refractivity contribution in [2.45, 2.75) is 32.5 Å². The van der Waals surface area contributed by atoms with Crippen LogP contribution in [0.5, 0.6) is 0 Å². The van der Waals surface area contributed by atoms with Gasteiger partial charge >= 0.3 is 0 Å². The Bertz CT molecular complexity index is 393. The first kappa shape index (κ1) is 14.4. The summed E-state index contributed by atoms with van der Waals surface area (Å²) in [5.74, 6) is -0.169. The number of rotatable bonds is 4. The van der Waals surface area contributed by atoms with Crippen molar-refractivity contribution in [3.8, 4) is 0 Å². The van der Waals surface area contributed by atoms with Gasteiger partial charge < -0.3 is 5.73 Å². The van der Waals surface area contributed by atoms with Gasteiger partial charge in [0.05, 0.1) is 0 Å². The third-order valence-corrected chi connectivity index (χ3v) is 3.96. The highest BCUT2D eigenvalue weighted by molar-refractivity contribution is 5.16. The van der Waals surface area contributed by atoms with Crippen molar-refractivity contribution in [2.24, 2.45) is 5.73 Å². The number of nitrogens with two attached hydrogens (primary N) is 1. The number of halogens is 1. The predicted molar refractivity (Wildman–Crippen MR) is 76.4 cm³/mol. The van der Waals surface area contributed by atoms with Crippen molar-refractivity contribution in [1.82, 2.24) is 9.80 Å². The molecular formula is C15H24FN3. The van der Waals surface area contributed by atoms with Gasteiger partial charge in [-0.15, -0.1) is 0 Å². The fraction of sp³-hybridized carbons (Fsp3) is 0.600. The first-order valence-electron chi connectivity index (χ1n) is 7.02. The molecule has 0 saturated carbocycles. The first-order valence-corrected chi connectivity index (χ1v) is 7.02. The Morgan fingerprint density at radius 3 is 2.32 bits per heavy atom. The molecule has 4 heteroatoms. The van der Waals surface area contributed by atoms with Gasteiger partial charge in [0.1, 0.15) is 5.82 Å². The van der Waals surface area contributed by atoms with Crippen LogP contribution in [0.3, 0.4) is 0 Å². The quantitative estimate of drug-likeness (QED) is 0.899. The summed E-state index contributed by atoms with van der Waals surface area (Å²) >= 11 is 0. The van der Waals surface area contributed by atoms with Crippen molar-refractivity contribution >= 4 is 0 Å². The summed E-state index contributed by atoms with van der Waals surface area (Å²) in [6.07, 6.45) is 0. The van der Waals surface area contributed by atoms with Gasteiger partial charge in [0, 0.05) is 44.8 Å². The first-order chi connectivity index (χ1) is 9.10. The molecule has 2 N–H and O–H groups in total. The van der Waals surface area contributed by atoms with E-state index in [1.54, 1.807) is 0 Å². The summed E-state index contributed by atoms with van der Waals surface area (Å²) < 4.78 is 12.9. The maximum Gasteiger partial charge on any atom is 0.123 e. The summed E-state index contributed by atoms with van der Waals surface area (Å²) in [7, 11) is 0. The predicted octanol–water partition coefficient (Wildman–Crippen LogP) is 1.68. The van der Waals surface area contributed by atoms with Crippen molar-refractivity contribution in [1.29, 1.82) is 0 Å². The van der Waals surface area contributed by atoms with E-state index < -0.39 is 0 Å². The molecule has 2 unspecified atom stereocenters. The molecule has 0 spiro atoms. The van der Waals surface area contributed by atoms with E-state index in [2.05, 4.69) is 23.6 Å². The van der Waals surface area contributed by atoms with E-state index in [-0.39, 0.29) is 5.82 Å². The normalized spacial score (nSPS) is 25.7. The minimum atomic E-state index is -0.169. The Morgan fingerprint density at radius 1 is 1.11 bits per heavy atom. The zero-order valence-corrected chi connectivity index (χ0v) is 11.8. The number of benzene rings is 1. The molecule has 0 aliphatic carbocycles. The highest BCUT2D eigenvalue weighted by atomic mass is 19.1. The lowest BCUT2D eigenvalue weighted by atomic mass is 10.1.